The molecule has 0 aromatic heterocycles. The van der Waals surface area contributed by atoms with Crippen LogP contribution in [-0.2, 0) is 9.84 Å². The maximum Gasteiger partial charge on any atom is 0.144 e. The summed E-state index contributed by atoms with van der Waals surface area (Å²) in [5.74, 6) is 0. The van der Waals surface area contributed by atoms with Crippen molar-refractivity contribution in [3.05, 3.63) is 0 Å². The molecule has 0 saturated carbocycles. The molecule has 0 aliphatic rings. The molecule has 0 unspecified atom stereocenters. The summed E-state index contributed by atoms with van der Waals surface area (Å²) in [6.07, 6.45) is 2.15. The number of aliphatic hydroxyl groups excluding tert-OH is 1. The summed E-state index contributed by atoms with van der Waals surface area (Å²) in [5, 5.41) is 8.06. The van der Waals surface area contributed by atoms with Crippen LogP contribution >= 0.6 is 0 Å². The van der Waals surface area contributed by atoms with Crippen LogP contribution in [0.4, 0.5) is 0 Å². The first kappa shape index (κ1) is 11.7. The molecule has 0 rings (SSSR count). The predicted molar refractivity (Wildman–Crippen MR) is 38.1 cm³/mol. The summed E-state index contributed by atoms with van der Waals surface area (Å²) >= 11 is 0. The Hall–Kier alpha value is -0.0900. The molecule has 0 aromatic rings. The van der Waals surface area contributed by atoms with Crippen LogP contribution in [0, 0.1) is 0 Å². The van der Waals surface area contributed by atoms with E-state index >= 15 is 0 Å². The summed E-state index contributed by atoms with van der Waals surface area (Å²) in [7, 11) is -2.67. The molecule has 58 valence electrons. The predicted octanol–water partition coefficient (Wildman–Crippen LogP) is 0.0479. The molecule has 0 bridgehead atoms. The SMILES string of the molecule is CC(C)O.CS(C)(=O)=O. The number of sulfone groups is 1. The van der Waals surface area contributed by atoms with E-state index < -0.39 is 9.84 Å². The summed E-state index contributed by atoms with van der Waals surface area (Å²) in [4.78, 5) is 0. The third-order valence-electron chi connectivity index (χ3n) is 0. The summed E-state index contributed by atoms with van der Waals surface area (Å²) in [6.45, 7) is 3.44. The monoisotopic (exact) mass is 154 g/mol. The molecule has 1 N–H and O–H groups in total. The second-order valence-electron chi connectivity index (χ2n) is 2.24. The highest BCUT2D eigenvalue weighted by atomic mass is 32.2. The maximum atomic E-state index is 9.63. The van der Waals surface area contributed by atoms with Crippen LogP contribution < -0.4 is 0 Å². The van der Waals surface area contributed by atoms with Gasteiger partial charge in [-0.05, 0) is 13.8 Å². The molecular weight excluding hydrogens is 140 g/mol. The van der Waals surface area contributed by atoms with Gasteiger partial charge in [-0.15, -0.1) is 0 Å². The van der Waals surface area contributed by atoms with Gasteiger partial charge in [-0.25, -0.2) is 8.42 Å². The minimum Gasteiger partial charge on any atom is -0.394 e. The van der Waals surface area contributed by atoms with Crippen molar-refractivity contribution in [1.29, 1.82) is 0 Å². The summed E-state index contributed by atoms with van der Waals surface area (Å²) < 4.78 is 19.3. The van der Waals surface area contributed by atoms with Crippen LogP contribution in [0.2, 0.25) is 0 Å². The van der Waals surface area contributed by atoms with E-state index in [9.17, 15) is 8.42 Å². The molecule has 0 aliphatic carbocycles. The van der Waals surface area contributed by atoms with E-state index in [-0.39, 0.29) is 6.10 Å². The third-order valence-corrected chi connectivity index (χ3v) is 0. The zero-order chi connectivity index (χ0) is 8.08. The van der Waals surface area contributed by atoms with E-state index in [1.165, 1.54) is 0 Å². The van der Waals surface area contributed by atoms with Crippen molar-refractivity contribution < 1.29 is 13.5 Å². The van der Waals surface area contributed by atoms with Gasteiger partial charge in [-0.2, -0.15) is 0 Å². The fourth-order valence-electron chi connectivity index (χ4n) is 0. The van der Waals surface area contributed by atoms with Crippen molar-refractivity contribution in [2.45, 2.75) is 20.0 Å². The molecule has 0 spiro atoms. The van der Waals surface area contributed by atoms with Crippen LogP contribution in [0.1, 0.15) is 13.8 Å². The minimum absolute atomic E-state index is 0.167. The molecule has 0 fully saturated rings. The Bertz CT molecular complexity index is 124. The number of aliphatic hydroxyl groups is 1. The number of hydrogen-bond acceptors (Lipinski definition) is 3. The van der Waals surface area contributed by atoms with Gasteiger partial charge >= 0.3 is 0 Å². The Kier molecular flexibility index (Phi) is 6.17. The first-order valence-electron chi connectivity index (χ1n) is 2.56. The Morgan fingerprint density at radius 1 is 1.22 bits per heavy atom. The van der Waals surface area contributed by atoms with Crippen molar-refractivity contribution in [3.8, 4) is 0 Å². The van der Waals surface area contributed by atoms with E-state index in [1.54, 1.807) is 13.8 Å². The largest absolute Gasteiger partial charge is 0.394 e. The minimum atomic E-state index is -2.67. The van der Waals surface area contributed by atoms with Gasteiger partial charge in [-0.1, -0.05) is 0 Å². The van der Waals surface area contributed by atoms with E-state index in [1.807, 2.05) is 0 Å². The molecule has 0 amide bonds. The second-order valence-corrected chi connectivity index (χ2v) is 4.52. The van der Waals surface area contributed by atoms with Crippen molar-refractivity contribution in [2.24, 2.45) is 0 Å². The second kappa shape index (κ2) is 4.76. The fraction of sp³-hybridized carbons (Fsp3) is 1.00. The van der Waals surface area contributed by atoms with Crippen LogP contribution in [0.5, 0.6) is 0 Å². The van der Waals surface area contributed by atoms with E-state index in [2.05, 4.69) is 0 Å². The van der Waals surface area contributed by atoms with E-state index in [0.29, 0.717) is 0 Å². The molecule has 0 atom stereocenters. The van der Waals surface area contributed by atoms with Crippen molar-refractivity contribution in [3.63, 3.8) is 0 Å². The Morgan fingerprint density at radius 3 is 1.22 bits per heavy atom. The molecular formula is C5H14O3S. The summed E-state index contributed by atoms with van der Waals surface area (Å²) in [5.41, 5.74) is 0. The molecule has 0 aromatic carbocycles. The van der Waals surface area contributed by atoms with Gasteiger partial charge in [-0.3, -0.25) is 0 Å². The molecule has 9 heavy (non-hydrogen) atoms. The van der Waals surface area contributed by atoms with Gasteiger partial charge in [0.05, 0.1) is 0 Å². The van der Waals surface area contributed by atoms with Gasteiger partial charge in [0.25, 0.3) is 0 Å². The topological polar surface area (TPSA) is 54.4 Å². The quantitative estimate of drug-likeness (QED) is 0.536. The summed E-state index contributed by atoms with van der Waals surface area (Å²) in [6, 6.07) is 0. The standard InChI is InChI=1S/C3H8O.C2H6O2S/c1-3(2)4;1-5(2,3)4/h3-4H,1-2H3;1-2H3. The fourth-order valence-corrected chi connectivity index (χ4v) is 0. The van der Waals surface area contributed by atoms with Crippen LogP contribution in [0.15, 0.2) is 0 Å². The highest BCUT2D eigenvalue weighted by molar-refractivity contribution is 7.89. The lowest BCUT2D eigenvalue weighted by atomic mass is 10.5. The highest BCUT2D eigenvalue weighted by Gasteiger charge is 1.79. The molecule has 0 radical (unpaired) electrons. The molecule has 0 heterocycles. The zero-order valence-corrected chi connectivity index (χ0v) is 7.07. The third kappa shape index (κ3) is 34100. The molecule has 4 heteroatoms. The highest BCUT2D eigenvalue weighted by Crippen LogP contribution is 1.65. The maximum absolute atomic E-state index is 9.63. The van der Waals surface area contributed by atoms with Crippen molar-refractivity contribution >= 4 is 9.84 Å². The van der Waals surface area contributed by atoms with Gasteiger partial charge in [0, 0.05) is 18.6 Å². The molecule has 3 nitrogen and oxygen atoms in total. The Morgan fingerprint density at radius 2 is 1.22 bits per heavy atom. The van der Waals surface area contributed by atoms with E-state index in [4.69, 9.17) is 5.11 Å². The van der Waals surface area contributed by atoms with Crippen molar-refractivity contribution in [1.82, 2.24) is 0 Å². The Balaban J connectivity index is 0. The normalized spacial score (nSPS) is 10.4. The first-order valence-corrected chi connectivity index (χ1v) is 4.86. The molecule has 0 aliphatic heterocycles. The number of rotatable bonds is 0. The van der Waals surface area contributed by atoms with Gasteiger partial charge < -0.3 is 5.11 Å². The molecule has 0 saturated heterocycles. The van der Waals surface area contributed by atoms with Crippen LogP contribution in [0.3, 0.4) is 0 Å². The van der Waals surface area contributed by atoms with Crippen LogP contribution in [0.25, 0.3) is 0 Å². The van der Waals surface area contributed by atoms with Gasteiger partial charge in [0.15, 0.2) is 0 Å². The van der Waals surface area contributed by atoms with Gasteiger partial charge in [0.1, 0.15) is 9.84 Å². The Labute approximate surface area is 56.6 Å². The van der Waals surface area contributed by atoms with Crippen molar-refractivity contribution in [2.75, 3.05) is 12.5 Å². The van der Waals surface area contributed by atoms with Crippen LogP contribution in [-0.4, -0.2) is 32.1 Å². The average molecular weight is 154 g/mol. The first-order chi connectivity index (χ1) is 3.73. The van der Waals surface area contributed by atoms with Gasteiger partial charge in [0.2, 0.25) is 0 Å². The average Bonchev–Trinajstić information content (AvgIpc) is 1.19. The smallest absolute Gasteiger partial charge is 0.144 e. The van der Waals surface area contributed by atoms with E-state index in [0.717, 1.165) is 12.5 Å². The number of hydrogen-bond donors (Lipinski definition) is 1. The lowest BCUT2D eigenvalue weighted by molar-refractivity contribution is 0.216. The lowest BCUT2D eigenvalue weighted by Gasteiger charge is -1.80. The zero-order valence-electron chi connectivity index (χ0n) is 6.25. The lowest BCUT2D eigenvalue weighted by Crippen LogP contribution is -1.86.